The van der Waals surface area contributed by atoms with Crippen molar-refractivity contribution in [3.63, 3.8) is 0 Å². The van der Waals surface area contributed by atoms with Crippen molar-refractivity contribution in [2.45, 2.75) is 13.8 Å². The van der Waals surface area contributed by atoms with E-state index in [9.17, 15) is 0 Å². The van der Waals surface area contributed by atoms with Gasteiger partial charge in [0.2, 0.25) is 0 Å². The summed E-state index contributed by atoms with van der Waals surface area (Å²) in [5, 5.41) is 11.6. The molecule has 0 amide bonds. The number of rotatable bonds is 2. The molecule has 0 radical (unpaired) electrons. The van der Waals surface area contributed by atoms with Crippen LogP contribution in [0.1, 0.15) is 16.7 Å². The van der Waals surface area contributed by atoms with Crippen LogP contribution in [0.3, 0.4) is 0 Å². The van der Waals surface area contributed by atoms with E-state index in [0.717, 1.165) is 22.4 Å². The number of aryl methyl sites for hydroxylation is 2. The molecule has 2 rings (SSSR count). The summed E-state index contributed by atoms with van der Waals surface area (Å²) >= 11 is 0. The van der Waals surface area contributed by atoms with E-state index in [1.54, 1.807) is 0 Å². The number of aromatic nitrogens is 2. The second-order valence-electron chi connectivity index (χ2n) is 3.88. The van der Waals surface area contributed by atoms with E-state index in [0.29, 0.717) is 0 Å². The molecule has 0 aliphatic heterocycles. The number of amidine groups is 1. The number of benzene rings is 1. The molecule has 0 fully saturated rings. The third kappa shape index (κ3) is 1.82. The normalized spacial score (nSPS) is 10.4. The molecule has 3 N–H and O–H groups in total. The molecule has 16 heavy (non-hydrogen) atoms. The second kappa shape index (κ2) is 3.81. The number of hydrogen-bond donors (Lipinski definition) is 2. The third-order valence-electron chi connectivity index (χ3n) is 2.48. The topological polar surface area (TPSA) is 67.7 Å². The number of nitrogens with one attached hydrogen (secondary N) is 1. The van der Waals surface area contributed by atoms with Gasteiger partial charge in [-0.3, -0.25) is 5.41 Å². The lowest BCUT2D eigenvalue weighted by Crippen LogP contribution is -2.13. The summed E-state index contributed by atoms with van der Waals surface area (Å²) in [6.07, 6.45) is 3.77. The van der Waals surface area contributed by atoms with E-state index in [1.165, 1.54) is 0 Å². The van der Waals surface area contributed by atoms with Gasteiger partial charge in [-0.15, -0.1) is 0 Å². The van der Waals surface area contributed by atoms with Crippen LogP contribution in [0.4, 0.5) is 0 Å². The standard InChI is InChI=1S/C12H14N4/c1-8-6-15-16(7-8)10-3-4-11(12(13)14)9(2)5-10/h3-7H,1-2H3,(H3,13,14). The van der Waals surface area contributed by atoms with Crippen LogP contribution in [-0.4, -0.2) is 15.6 Å². The lowest BCUT2D eigenvalue weighted by atomic mass is 10.1. The van der Waals surface area contributed by atoms with Crippen LogP contribution in [0.15, 0.2) is 30.6 Å². The Morgan fingerprint density at radius 3 is 2.62 bits per heavy atom. The molecule has 0 aliphatic carbocycles. The lowest BCUT2D eigenvalue weighted by Gasteiger charge is -2.07. The Balaban J connectivity index is 2.45. The van der Waals surface area contributed by atoms with Gasteiger partial charge in [0, 0.05) is 11.8 Å². The van der Waals surface area contributed by atoms with Gasteiger partial charge in [-0.2, -0.15) is 5.10 Å². The van der Waals surface area contributed by atoms with E-state index in [1.807, 2.05) is 49.1 Å². The Morgan fingerprint density at radius 2 is 2.12 bits per heavy atom. The predicted molar refractivity (Wildman–Crippen MR) is 64.1 cm³/mol. The molecule has 2 aromatic rings. The molecule has 0 unspecified atom stereocenters. The number of nitrogen functional groups attached to an aromatic ring is 1. The lowest BCUT2D eigenvalue weighted by molar-refractivity contribution is 0.878. The summed E-state index contributed by atoms with van der Waals surface area (Å²) in [6.45, 7) is 3.94. The number of hydrogen-bond acceptors (Lipinski definition) is 2. The molecule has 0 bridgehead atoms. The molecule has 0 atom stereocenters. The first-order valence-corrected chi connectivity index (χ1v) is 5.04. The molecule has 82 valence electrons. The van der Waals surface area contributed by atoms with Gasteiger partial charge < -0.3 is 5.73 Å². The maximum absolute atomic E-state index is 7.41. The van der Waals surface area contributed by atoms with Crippen LogP contribution < -0.4 is 5.73 Å². The maximum Gasteiger partial charge on any atom is 0.123 e. The number of nitrogens with zero attached hydrogens (tertiary/aromatic N) is 2. The first-order valence-electron chi connectivity index (χ1n) is 5.04. The predicted octanol–water partition coefficient (Wildman–Crippen LogP) is 1.77. The van der Waals surface area contributed by atoms with Crippen molar-refractivity contribution < 1.29 is 0 Å². The van der Waals surface area contributed by atoms with E-state index in [4.69, 9.17) is 11.1 Å². The first-order chi connectivity index (χ1) is 7.58. The Kier molecular flexibility index (Phi) is 2.48. The molecule has 4 heteroatoms. The maximum atomic E-state index is 7.41. The van der Waals surface area contributed by atoms with Gasteiger partial charge >= 0.3 is 0 Å². The average molecular weight is 214 g/mol. The fourth-order valence-electron chi connectivity index (χ4n) is 1.65. The van der Waals surface area contributed by atoms with Gasteiger partial charge in [0.05, 0.1) is 11.9 Å². The van der Waals surface area contributed by atoms with Crippen LogP contribution in [-0.2, 0) is 0 Å². The molecular formula is C12H14N4. The molecule has 1 aromatic heterocycles. The Bertz CT molecular complexity index is 540. The smallest absolute Gasteiger partial charge is 0.123 e. The van der Waals surface area contributed by atoms with E-state index >= 15 is 0 Å². The van der Waals surface area contributed by atoms with E-state index in [2.05, 4.69) is 5.10 Å². The van der Waals surface area contributed by atoms with Crippen molar-refractivity contribution in [2.24, 2.45) is 5.73 Å². The molecular weight excluding hydrogens is 200 g/mol. The van der Waals surface area contributed by atoms with Crippen molar-refractivity contribution in [1.29, 1.82) is 5.41 Å². The van der Waals surface area contributed by atoms with Crippen molar-refractivity contribution in [3.05, 3.63) is 47.3 Å². The zero-order valence-corrected chi connectivity index (χ0v) is 9.36. The van der Waals surface area contributed by atoms with Gasteiger partial charge in [0.25, 0.3) is 0 Å². The van der Waals surface area contributed by atoms with Crippen molar-refractivity contribution in [2.75, 3.05) is 0 Å². The highest BCUT2D eigenvalue weighted by molar-refractivity contribution is 5.96. The minimum Gasteiger partial charge on any atom is -0.384 e. The molecule has 1 heterocycles. The van der Waals surface area contributed by atoms with Crippen LogP contribution in [0.2, 0.25) is 0 Å². The minimum absolute atomic E-state index is 0.0979. The number of nitrogens with two attached hydrogens (primary N) is 1. The van der Waals surface area contributed by atoms with Gasteiger partial charge in [0.1, 0.15) is 5.84 Å². The first kappa shape index (κ1) is 10.4. The van der Waals surface area contributed by atoms with Gasteiger partial charge in [0.15, 0.2) is 0 Å². The monoisotopic (exact) mass is 214 g/mol. The summed E-state index contributed by atoms with van der Waals surface area (Å²) in [4.78, 5) is 0. The quantitative estimate of drug-likeness (QED) is 0.591. The summed E-state index contributed by atoms with van der Waals surface area (Å²) in [7, 11) is 0. The van der Waals surface area contributed by atoms with Crippen LogP contribution >= 0.6 is 0 Å². The summed E-state index contributed by atoms with van der Waals surface area (Å²) in [5.41, 5.74) is 9.32. The Labute approximate surface area is 94.2 Å². The zero-order chi connectivity index (χ0) is 11.7. The van der Waals surface area contributed by atoms with Crippen molar-refractivity contribution in [3.8, 4) is 5.69 Å². The SMILES string of the molecule is Cc1cnn(-c2ccc(C(=N)N)c(C)c2)c1. The third-order valence-corrected chi connectivity index (χ3v) is 2.48. The largest absolute Gasteiger partial charge is 0.384 e. The highest BCUT2D eigenvalue weighted by Gasteiger charge is 2.04. The molecule has 0 saturated carbocycles. The molecule has 0 aliphatic rings. The van der Waals surface area contributed by atoms with Gasteiger partial charge in [-0.25, -0.2) is 4.68 Å². The summed E-state index contributed by atoms with van der Waals surface area (Å²) in [5.74, 6) is 0.0979. The van der Waals surface area contributed by atoms with E-state index < -0.39 is 0 Å². The molecule has 4 nitrogen and oxygen atoms in total. The van der Waals surface area contributed by atoms with Crippen molar-refractivity contribution in [1.82, 2.24) is 9.78 Å². The second-order valence-corrected chi connectivity index (χ2v) is 3.88. The fourth-order valence-corrected chi connectivity index (χ4v) is 1.65. The minimum atomic E-state index is 0.0979. The van der Waals surface area contributed by atoms with Gasteiger partial charge in [-0.05, 0) is 43.2 Å². The van der Waals surface area contributed by atoms with Gasteiger partial charge in [-0.1, -0.05) is 0 Å². The van der Waals surface area contributed by atoms with Crippen LogP contribution in [0.25, 0.3) is 5.69 Å². The molecule has 0 spiro atoms. The van der Waals surface area contributed by atoms with E-state index in [-0.39, 0.29) is 5.84 Å². The van der Waals surface area contributed by atoms with Crippen LogP contribution in [0.5, 0.6) is 0 Å². The summed E-state index contributed by atoms with van der Waals surface area (Å²) < 4.78 is 1.81. The Morgan fingerprint density at radius 1 is 1.38 bits per heavy atom. The fraction of sp³-hybridized carbons (Fsp3) is 0.167. The Hall–Kier alpha value is -2.10. The summed E-state index contributed by atoms with van der Waals surface area (Å²) in [6, 6.07) is 5.74. The average Bonchev–Trinajstić information content (AvgIpc) is 2.64. The highest BCUT2D eigenvalue weighted by atomic mass is 15.3. The highest BCUT2D eigenvalue weighted by Crippen LogP contribution is 2.14. The molecule has 0 saturated heterocycles. The van der Waals surface area contributed by atoms with Crippen molar-refractivity contribution >= 4 is 5.84 Å². The zero-order valence-electron chi connectivity index (χ0n) is 9.36. The molecule has 1 aromatic carbocycles. The van der Waals surface area contributed by atoms with Crippen LogP contribution in [0, 0.1) is 19.3 Å².